The minimum absolute atomic E-state index is 0.0228. The fourth-order valence-electron chi connectivity index (χ4n) is 2.50. The lowest BCUT2D eigenvalue weighted by atomic mass is 9.80. The topological polar surface area (TPSA) is 84.2 Å². The number of nitrogens with zero attached hydrogens (tertiary/aromatic N) is 2. The molecule has 20 heavy (non-hydrogen) atoms. The first-order valence-electron chi connectivity index (χ1n) is 6.56. The van der Waals surface area contributed by atoms with Gasteiger partial charge in [0, 0.05) is 11.4 Å². The molecule has 0 spiro atoms. The highest BCUT2D eigenvalue weighted by Crippen LogP contribution is 2.27. The Labute approximate surface area is 115 Å². The van der Waals surface area contributed by atoms with Gasteiger partial charge in [0.25, 0.3) is 0 Å². The van der Waals surface area contributed by atoms with Crippen molar-refractivity contribution in [2.75, 3.05) is 0 Å². The van der Waals surface area contributed by atoms with Crippen molar-refractivity contribution in [2.24, 2.45) is 5.92 Å². The Bertz CT molecular complexity index is 658. The van der Waals surface area contributed by atoms with Gasteiger partial charge in [-0.25, -0.2) is 0 Å². The van der Waals surface area contributed by atoms with E-state index in [2.05, 4.69) is 10.4 Å². The summed E-state index contributed by atoms with van der Waals surface area (Å²) in [6.07, 6.45) is 2.76. The van der Waals surface area contributed by atoms with Gasteiger partial charge >= 0.3 is 5.97 Å². The predicted octanol–water partition coefficient (Wildman–Crippen LogP) is 1.02. The van der Waals surface area contributed by atoms with Crippen LogP contribution in [0.5, 0.6) is 0 Å². The molecule has 0 atom stereocenters. The predicted molar refractivity (Wildman–Crippen MR) is 72.0 cm³/mol. The molecule has 1 aromatic heterocycles. The zero-order chi connectivity index (χ0) is 14.1. The fourth-order valence-corrected chi connectivity index (χ4v) is 2.50. The van der Waals surface area contributed by atoms with Crippen molar-refractivity contribution >= 4 is 22.8 Å². The van der Waals surface area contributed by atoms with Crippen LogP contribution in [-0.4, -0.2) is 32.8 Å². The van der Waals surface area contributed by atoms with Crippen LogP contribution in [0.3, 0.4) is 0 Å². The molecule has 1 aliphatic rings. The number of para-hydroxylation sites is 1. The summed E-state index contributed by atoms with van der Waals surface area (Å²) < 4.78 is 1.65. The number of amides is 1. The Morgan fingerprint density at radius 2 is 2.10 bits per heavy atom. The third-order valence-electron chi connectivity index (χ3n) is 3.70. The van der Waals surface area contributed by atoms with Gasteiger partial charge < -0.3 is 10.4 Å². The van der Waals surface area contributed by atoms with Crippen LogP contribution in [0.25, 0.3) is 10.9 Å². The summed E-state index contributed by atoms with van der Waals surface area (Å²) in [5, 5.41) is 16.8. The van der Waals surface area contributed by atoms with Crippen molar-refractivity contribution in [1.29, 1.82) is 0 Å². The number of nitrogens with one attached hydrogen (secondary N) is 1. The van der Waals surface area contributed by atoms with E-state index < -0.39 is 5.97 Å². The van der Waals surface area contributed by atoms with E-state index in [1.165, 1.54) is 0 Å². The Morgan fingerprint density at radius 3 is 2.85 bits per heavy atom. The first kappa shape index (κ1) is 12.7. The van der Waals surface area contributed by atoms with Gasteiger partial charge in [-0.05, 0) is 18.9 Å². The molecular weight excluding hydrogens is 258 g/mol. The zero-order valence-corrected chi connectivity index (χ0v) is 10.8. The SMILES string of the molecule is O=C(Cn1ncc2ccccc21)NC1CC(C(=O)O)C1. The van der Waals surface area contributed by atoms with Crippen LogP contribution < -0.4 is 5.32 Å². The summed E-state index contributed by atoms with van der Waals surface area (Å²) in [4.78, 5) is 22.6. The normalized spacial score (nSPS) is 21.4. The smallest absolute Gasteiger partial charge is 0.306 e. The number of carboxylic acid groups (broad SMARTS) is 1. The number of rotatable bonds is 4. The van der Waals surface area contributed by atoms with Crippen LogP contribution in [-0.2, 0) is 16.1 Å². The summed E-state index contributed by atoms with van der Waals surface area (Å²) >= 11 is 0. The van der Waals surface area contributed by atoms with Gasteiger partial charge in [0.05, 0.1) is 17.6 Å². The van der Waals surface area contributed by atoms with Gasteiger partial charge in [0.15, 0.2) is 0 Å². The van der Waals surface area contributed by atoms with Crippen LogP contribution in [0, 0.1) is 5.92 Å². The highest BCUT2D eigenvalue weighted by Gasteiger charge is 2.35. The minimum atomic E-state index is -0.784. The van der Waals surface area contributed by atoms with E-state index in [-0.39, 0.29) is 24.4 Å². The Kier molecular flexibility index (Phi) is 3.14. The maximum absolute atomic E-state index is 11.9. The van der Waals surface area contributed by atoms with Gasteiger partial charge in [-0.3, -0.25) is 14.3 Å². The highest BCUT2D eigenvalue weighted by atomic mass is 16.4. The van der Waals surface area contributed by atoms with E-state index >= 15 is 0 Å². The van der Waals surface area contributed by atoms with Crippen molar-refractivity contribution in [3.8, 4) is 0 Å². The molecule has 0 unspecified atom stereocenters. The van der Waals surface area contributed by atoms with Crippen LogP contribution in [0.2, 0.25) is 0 Å². The van der Waals surface area contributed by atoms with Crippen LogP contribution in [0.4, 0.5) is 0 Å². The summed E-state index contributed by atoms with van der Waals surface area (Å²) in [6, 6.07) is 7.67. The third-order valence-corrected chi connectivity index (χ3v) is 3.70. The number of aliphatic carboxylic acids is 1. The molecule has 1 aromatic carbocycles. The molecule has 2 aromatic rings. The standard InChI is InChI=1S/C14H15N3O3/c18-13(16-11-5-10(6-11)14(19)20)8-17-12-4-2-1-3-9(12)7-15-17/h1-4,7,10-11H,5-6,8H2,(H,16,18)(H,19,20). The third kappa shape index (κ3) is 2.36. The summed E-state index contributed by atoms with van der Waals surface area (Å²) in [6.45, 7) is 0.155. The second-order valence-corrected chi connectivity index (χ2v) is 5.13. The summed E-state index contributed by atoms with van der Waals surface area (Å²) in [5.41, 5.74) is 0.916. The molecule has 0 aliphatic heterocycles. The van der Waals surface area contributed by atoms with E-state index in [0.717, 1.165) is 10.9 Å². The lowest BCUT2D eigenvalue weighted by Gasteiger charge is -2.32. The number of carbonyl (C=O) groups excluding carboxylic acids is 1. The molecule has 0 bridgehead atoms. The molecule has 0 radical (unpaired) electrons. The van der Waals surface area contributed by atoms with Crippen molar-refractivity contribution in [3.05, 3.63) is 30.5 Å². The summed E-state index contributed by atoms with van der Waals surface area (Å²) in [7, 11) is 0. The first-order valence-corrected chi connectivity index (χ1v) is 6.56. The van der Waals surface area contributed by atoms with Crippen molar-refractivity contribution in [3.63, 3.8) is 0 Å². The molecule has 0 saturated heterocycles. The second-order valence-electron chi connectivity index (χ2n) is 5.13. The number of carboxylic acids is 1. The van der Waals surface area contributed by atoms with Gasteiger partial charge in [0.2, 0.25) is 5.91 Å². The van der Waals surface area contributed by atoms with Crippen molar-refractivity contribution < 1.29 is 14.7 Å². The molecule has 6 nitrogen and oxygen atoms in total. The highest BCUT2D eigenvalue weighted by molar-refractivity contribution is 5.82. The minimum Gasteiger partial charge on any atom is -0.481 e. The Morgan fingerprint density at radius 1 is 1.35 bits per heavy atom. The van der Waals surface area contributed by atoms with Crippen LogP contribution in [0.1, 0.15) is 12.8 Å². The van der Waals surface area contributed by atoms with Crippen LogP contribution >= 0.6 is 0 Å². The monoisotopic (exact) mass is 273 g/mol. The fraction of sp³-hybridized carbons (Fsp3) is 0.357. The number of hydrogen-bond donors (Lipinski definition) is 2. The number of carbonyl (C=O) groups is 2. The molecule has 6 heteroatoms. The lowest BCUT2D eigenvalue weighted by molar-refractivity contribution is -0.146. The summed E-state index contributed by atoms with van der Waals surface area (Å²) in [5.74, 6) is -1.23. The molecule has 1 amide bonds. The lowest BCUT2D eigenvalue weighted by Crippen LogP contribution is -2.47. The van der Waals surface area contributed by atoms with Gasteiger partial charge in [-0.1, -0.05) is 18.2 Å². The maximum Gasteiger partial charge on any atom is 0.306 e. The number of benzene rings is 1. The van der Waals surface area contributed by atoms with Crippen molar-refractivity contribution in [1.82, 2.24) is 15.1 Å². The molecule has 3 rings (SSSR count). The van der Waals surface area contributed by atoms with Gasteiger partial charge in [-0.2, -0.15) is 5.10 Å². The van der Waals surface area contributed by atoms with E-state index in [9.17, 15) is 9.59 Å². The molecule has 1 saturated carbocycles. The van der Waals surface area contributed by atoms with E-state index in [1.807, 2.05) is 24.3 Å². The number of hydrogen-bond acceptors (Lipinski definition) is 3. The molecule has 2 N–H and O–H groups in total. The van der Waals surface area contributed by atoms with E-state index in [0.29, 0.717) is 12.8 Å². The van der Waals surface area contributed by atoms with E-state index in [4.69, 9.17) is 5.11 Å². The van der Waals surface area contributed by atoms with Gasteiger partial charge in [-0.15, -0.1) is 0 Å². The molecule has 1 aliphatic carbocycles. The van der Waals surface area contributed by atoms with E-state index in [1.54, 1.807) is 10.9 Å². The number of aromatic nitrogens is 2. The Hall–Kier alpha value is -2.37. The Balaban J connectivity index is 1.58. The zero-order valence-electron chi connectivity index (χ0n) is 10.8. The first-order chi connectivity index (χ1) is 9.63. The maximum atomic E-state index is 11.9. The molecule has 1 fully saturated rings. The molecule has 104 valence electrons. The van der Waals surface area contributed by atoms with Gasteiger partial charge in [0.1, 0.15) is 6.54 Å². The molecular formula is C14H15N3O3. The quantitative estimate of drug-likeness (QED) is 0.871. The van der Waals surface area contributed by atoms with Crippen molar-refractivity contribution in [2.45, 2.75) is 25.4 Å². The second kappa shape index (κ2) is 4.96. The van der Waals surface area contributed by atoms with Crippen LogP contribution in [0.15, 0.2) is 30.5 Å². The largest absolute Gasteiger partial charge is 0.481 e. The molecule has 1 heterocycles. The number of fused-ring (bicyclic) bond motifs is 1. The average molecular weight is 273 g/mol. The average Bonchev–Trinajstić information content (AvgIpc) is 2.76.